The highest BCUT2D eigenvalue weighted by molar-refractivity contribution is 8.00. The van der Waals surface area contributed by atoms with Gasteiger partial charge in [0.1, 0.15) is 0 Å². The maximum Gasteiger partial charge on any atom is 0.221 e. The van der Waals surface area contributed by atoms with Crippen LogP contribution in [0.15, 0.2) is 83.3 Å². The number of carbonyl (C=O) groups excluding carboxylic acids is 2. The number of para-hydroxylation sites is 1. The zero-order valence-corrected chi connectivity index (χ0v) is 16.5. The first-order valence-corrected chi connectivity index (χ1v) is 10.3. The number of ketones is 1. The summed E-state index contributed by atoms with van der Waals surface area (Å²) in [6.07, 6.45) is 0. The number of carbonyl (C=O) groups is 2. The van der Waals surface area contributed by atoms with E-state index in [9.17, 15) is 9.59 Å². The van der Waals surface area contributed by atoms with E-state index >= 15 is 0 Å². The summed E-state index contributed by atoms with van der Waals surface area (Å²) >= 11 is 1.67. The van der Waals surface area contributed by atoms with E-state index in [0.717, 1.165) is 44.2 Å². The van der Waals surface area contributed by atoms with Gasteiger partial charge >= 0.3 is 0 Å². The summed E-state index contributed by atoms with van der Waals surface area (Å²) in [5, 5.41) is 6.18. The fourth-order valence-corrected chi connectivity index (χ4v) is 5.15. The minimum Gasteiger partial charge on any atom is -0.354 e. The molecule has 0 saturated heterocycles. The number of Topliss-reactive ketones (excluding diaryl/α,β-unsaturated/α-hetero) is 1. The molecule has 1 aliphatic carbocycles. The van der Waals surface area contributed by atoms with Gasteiger partial charge in [0, 0.05) is 34.2 Å². The molecule has 5 heteroatoms. The van der Waals surface area contributed by atoms with Crippen LogP contribution in [0.2, 0.25) is 0 Å². The Morgan fingerprint density at radius 1 is 0.931 bits per heavy atom. The largest absolute Gasteiger partial charge is 0.354 e. The standard InChI is InChI=1S/C24H18N2O2S/c1-14(27)25-16-12-10-15(11-13-16)24-21-22(17-6-2-3-7-18(17)23(21)28)26-19-8-4-5-9-20(19)29-24/h2-13,24,26H,1H3,(H,25,27)/t24-/m1/s1. The predicted octanol–water partition coefficient (Wildman–Crippen LogP) is 5.51. The number of anilines is 2. The summed E-state index contributed by atoms with van der Waals surface area (Å²) in [5.74, 6) is -0.0366. The molecule has 4 nitrogen and oxygen atoms in total. The first-order valence-electron chi connectivity index (χ1n) is 9.40. The lowest BCUT2D eigenvalue weighted by Crippen LogP contribution is -2.08. The van der Waals surface area contributed by atoms with Crippen LogP contribution >= 0.6 is 11.8 Å². The van der Waals surface area contributed by atoms with Crippen molar-refractivity contribution in [3.8, 4) is 0 Å². The highest BCUT2D eigenvalue weighted by atomic mass is 32.2. The van der Waals surface area contributed by atoms with Gasteiger partial charge in [0.05, 0.1) is 16.6 Å². The quantitative estimate of drug-likeness (QED) is 0.597. The third kappa shape index (κ3) is 3.04. The topological polar surface area (TPSA) is 58.2 Å². The van der Waals surface area contributed by atoms with Crippen LogP contribution in [0.4, 0.5) is 11.4 Å². The van der Waals surface area contributed by atoms with E-state index < -0.39 is 0 Å². The van der Waals surface area contributed by atoms with Crippen LogP contribution in [0.5, 0.6) is 0 Å². The van der Waals surface area contributed by atoms with E-state index in [1.807, 2.05) is 66.7 Å². The Labute approximate surface area is 173 Å². The molecule has 5 rings (SSSR count). The molecule has 29 heavy (non-hydrogen) atoms. The number of hydrogen-bond acceptors (Lipinski definition) is 4. The summed E-state index contributed by atoms with van der Waals surface area (Å²) in [7, 11) is 0. The lowest BCUT2D eigenvalue weighted by atomic mass is 10.0. The van der Waals surface area contributed by atoms with Gasteiger partial charge in [0.2, 0.25) is 5.91 Å². The van der Waals surface area contributed by atoms with Crippen LogP contribution in [0.3, 0.4) is 0 Å². The van der Waals surface area contributed by atoms with Crippen molar-refractivity contribution in [2.45, 2.75) is 17.1 Å². The van der Waals surface area contributed by atoms with Gasteiger partial charge in [0.25, 0.3) is 0 Å². The molecular weight excluding hydrogens is 380 g/mol. The third-order valence-electron chi connectivity index (χ3n) is 5.14. The second kappa shape index (κ2) is 6.94. The first-order chi connectivity index (χ1) is 14.1. The number of benzene rings is 3. The molecule has 0 radical (unpaired) electrons. The Balaban J connectivity index is 1.65. The molecular formula is C24H18N2O2S. The Hall–Kier alpha value is -3.31. The SMILES string of the molecule is CC(=O)Nc1ccc([C@H]2Sc3ccccc3NC3=C2C(=O)c2ccccc23)cc1. The lowest BCUT2D eigenvalue weighted by Gasteiger charge is -2.18. The molecule has 1 amide bonds. The minimum atomic E-state index is -0.146. The molecule has 0 aromatic heterocycles. The molecule has 3 aromatic rings. The van der Waals surface area contributed by atoms with Gasteiger partial charge in [-0.1, -0.05) is 48.5 Å². The molecule has 142 valence electrons. The zero-order valence-electron chi connectivity index (χ0n) is 15.7. The molecule has 3 aromatic carbocycles. The predicted molar refractivity (Wildman–Crippen MR) is 117 cm³/mol. The van der Waals surface area contributed by atoms with Gasteiger partial charge in [-0.3, -0.25) is 9.59 Å². The summed E-state index contributed by atoms with van der Waals surface area (Å²) < 4.78 is 0. The number of amides is 1. The van der Waals surface area contributed by atoms with Gasteiger partial charge in [-0.15, -0.1) is 11.8 Å². The van der Waals surface area contributed by atoms with Gasteiger partial charge in [-0.05, 0) is 29.8 Å². The van der Waals surface area contributed by atoms with E-state index in [4.69, 9.17) is 0 Å². The summed E-state index contributed by atoms with van der Waals surface area (Å²) in [5.41, 5.74) is 6.13. The molecule has 1 atom stereocenters. The van der Waals surface area contributed by atoms with Gasteiger partial charge in [0.15, 0.2) is 5.78 Å². The van der Waals surface area contributed by atoms with Crippen molar-refractivity contribution in [2.24, 2.45) is 0 Å². The number of hydrogen-bond donors (Lipinski definition) is 2. The van der Waals surface area contributed by atoms with Crippen molar-refractivity contribution >= 4 is 40.5 Å². The Bertz CT molecular complexity index is 1180. The monoisotopic (exact) mass is 398 g/mol. The highest BCUT2D eigenvalue weighted by Crippen LogP contribution is 2.52. The van der Waals surface area contributed by atoms with E-state index in [-0.39, 0.29) is 16.9 Å². The van der Waals surface area contributed by atoms with Crippen molar-refractivity contribution in [3.05, 3.63) is 95.1 Å². The average Bonchev–Trinajstić information content (AvgIpc) is 2.89. The highest BCUT2D eigenvalue weighted by Gasteiger charge is 2.37. The number of fused-ring (bicyclic) bond motifs is 3. The molecule has 0 spiro atoms. The maximum absolute atomic E-state index is 13.4. The summed E-state index contributed by atoms with van der Waals surface area (Å²) in [4.78, 5) is 25.8. The van der Waals surface area contributed by atoms with Crippen LogP contribution in [-0.4, -0.2) is 11.7 Å². The van der Waals surface area contributed by atoms with Crippen molar-refractivity contribution in [2.75, 3.05) is 10.6 Å². The second-order valence-electron chi connectivity index (χ2n) is 7.09. The lowest BCUT2D eigenvalue weighted by molar-refractivity contribution is -0.114. The Morgan fingerprint density at radius 2 is 1.62 bits per heavy atom. The third-order valence-corrected chi connectivity index (χ3v) is 6.50. The normalized spacial score (nSPS) is 17.0. The maximum atomic E-state index is 13.4. The molecule has 1 heterocycles. The van der Waals surface area contributed by atoms with Gasteiger partial charge < -0.3 is 10.6 Å². The minimum absolute atomic E-state index is 0.0688. The van der Waals surface area contributed by atoms with E-state index in [1.165, 1.54) is 6.92 Å². The van der Waals surface area contributed by atoms with Crippen LogP contribution in [-0.2, 0) is 4.79 Å². The number of rotatable bonds is 2. The Morgan fingerprint density at radius 3 is 2.38 bits per heavy atom. The van der Waals surface area contributed by atoms with Crippen molar-refractivity contribution in [3.63, 3.8) is 0 Å². The molecule has 0 unspecified atom stereocenters. The zero-order chi connectivity index (χ0) is 20.0. The van der Waals surface area contributed by atoms with E-state index in [1.54, 1.807) is 11.8 Å². The molecule has 2 aliphatic rings. The fourth-order valence-electron chi connectivity index (χ4n) is 3.86. The van der Waals surface area contributed by atoms with Crippen molar-refractivity contribution < 1.29 is 9.59 Å². The smallest absolute Gasteiger partial charge is 0.221 e. The molecule has 0 saturated carbocycles. The van der Waals surface area contributed by atoms with Gasteiger partial charge in [-0.2, -0.15) is 0 Å². The van der Waals surface area contributed by atoms with Crippen LogP contribution in [0.1, 0.15) is 33.7 Å². The second-order valence-corrected chi connectivity index (χ2v) is 8.23. The van der Waals surface area contributed by atoms with E-state index in [0.29, 0.717) is 0 Å². The van der Waals surface area contributed by atoms with Crippen LogP contribution in [0.25, 0.3) is 5.70 Å². The first kappa shape index (κ1) is 17.8. The molecule has 1 aliphatic heterocycles. The van der Waals surface area contributed by atoms with E-state index in [2.05, 4.69) is 16.7 Å². The molecule has 2 N–H and O–H groups in total. The number of thioether (sulfide) groups is 1. The van der Waals surface area contributed by atoms with Crippen LogP contribution < -0.4 is 10.6 Å². The van der Waals surface area contributed by atoms with Gasteiger partial charge in [-0.25, -0.2) is 0 Å². The van der Waals surface area contributed by atoms with Crippen molar-refractivity contribution in [1.82, 2.24) is 0 Å². The van der Waals surface area contributed by atoms with Crippen molar-refractivity contribution in [1.29, 1.82) is 0 Å². The fraction of sp³-hybridized carbons (Fsp3) is 0.0833. The number of nitrogens with one attached hydrogen (secondary N) is 2. The molecule has 0 fully saturated rings. The summed E-state index contributed by atoms with van der Waals surface area (Å²) in [6.45, 7) is 1.49. The molecule has 0 bridgehead atoms. The summed E-state index contributed by atoms with van der Waals surface area (Å²) in [6, 6.07) is 23.6. The average molecular weight is 398 g/mol. The van der Waals surface area contributed by atoms with Crippen LogP contribution in [0, 0.1) is 0 Å². The Kier molecular flexibility index (Phi) is 4.25.